The molecule has 0 saturated carbocycles. The second kappa shape index (κ2) is 8.94. The first kappa shape index (κ1) is 19.4. The van der Waals surface area contributed by atoms with Gasteiger partial charge in [0.2, 0.25) is 5.95 Å². The highest BCUT2D eigenvalue weighted by Gasteiger charge is 2.21. The van der Waals surface area contributed by atoms with Crippen molar-refractivity contribution in [3.63, 3.8) is 0 Å². The molecule has 1 aromatic heterocycles. The standard InChI is InChI=1S/C17H23N5O2.ClH/c1-22-17(19-15(21-22)13-7-9-18-10-8-13)20-16(23)14-5-3-12(4-6-14)11-24-2;/h3-6,13,18H,7-11H2,1-2H3,(H,19,20,21,23);1H. The van der Waals surface area contributed by atoms with E-state index in [1.54, 1.807) is 31.0 Å². The van der Waals surface area contributed by atoms with E-state index in [4.69, 9.17) is 4.74 Å². The van der Waals surface area contributed by atoms with Crippen LogP contribution in [0, 0.1) is 0 Å². The SMILES string of the molecule is COCc1ccc(C(=O)Nc2nc(C3CCNCC3)nn2C)cc1.Cl. The molecule has 25 heavy (non-hydrogen) atoms. The van der Waals surface area contributed by atoms with Crippen LogP contribution < -0.4 is 10.6 Å². The summed E-state index contributed by atoms with van der Waals surface area (Å²) in [5, 5.41) is 10.6. The van der Waals surface area contributed by atoms with Gasteiger partial charge in [-0.2, -0.15) is 10.1 Å². The second-order valence-electron chi connectivity index (χ2n) is 6.03. The maximum Gasteiger partial charge on any atom is 0.258 e. The molecule has 1 aromatic carbocycles. The summed E-state index contributed by atoms with van der Waals surface area (Å²) in [6.07, 6.45) is 2.05. The average Bonchev–Trinajstić information content (AvgIpc) is 2.97. The summed E-state index contributed by atoms with van der Waals surface area (Å²) >= 11 is 0. The first-order valence-electron chi connectivity index (χ1n) is 8.18. The first-order valence-corrected chi connectivity index (χ1v) is 8.18. The van der Waals surface area contributed by atoms with Crippen molar-refractivity contribution in [2.75, 3.05) is 25.5 Å². The Kier molecular flexibility index (Phi) is 6.92. The zero-order valence-corrected chi connectivity index (χ0v) is 15.3. The van der Waals surface area contributed by atoms with E-state index in [2.05, 4.69) is 20.7 Å². The van der Waals surface area contributed by atoms with Gasteiger partial charge >= 0.3 is 0 Å². The molecule has 0 aliphatic carbocycles. The fraction of sp³-hybridized carbons (Fsp3) is 0.471. The number of nitrogens with zero attached hydrogens (tertiary/aromatic N) is 3. The molecule has 3 rings (SSSR count). The van der Waals surface area contributed by atoms with Gasteiger partial charge in [0.25, 0.3) is 5.91 Å². The van der Waals surface area contributed by atoms with E-state index in [0.717, 1.165) is 37.3 Å². The van der Waals surface area contributed by atoms with E-state index in [1.165, 1.54) is 0 Å². The molecule has 0 unspecified atom stereocenters. The maximum atomic E-state index is 12.4. The van der Waals surface area contributed by atoms with Gasteiger partial charge in [0.1, 0.15) is 0 Å². The number of carbonyl (C=O) groups is 1. The molecule has 2 heterocycles. The normalized spacial score (nSPS) is 14.8. The lowest BCUT2D eigenvalue weighted by atomic mass is 9.98. The minimum absolute atomic E-state index is 0. The van der Waals surface area contributed by atoms with E-state index >= 15 is 0 Å². The van der Waals surface area contributed by atoms with Gasteiger partial charge in [-0.25, -0.2) is 4.68 Å². The summed E-state index contributed by atoms with van der Waals surface area (Å²) < 4.78 is 6.71. The summed E-state index contributed by atoms with van der Waals surface area (Å²) in [4.78, 5) is 16.9. The maximum absolute atomic E-state index is 12.4. The van der Waals surface area contributed by atoms with Crippen molar-refractivity contribution in [2.24, 2.45) is 7.05 Å². The van der Waals surface area contributed by atoms with Crippen LogP contribution in [0.4, 0.5) is 5.95 Å². The number of aromatic nitrogens is 3. The Labute approximate surface area is 153 Å². The van der Waals surface area contributed by atoms with E-state index < -0.39 is 0 Å². The van der Waals surface area contributed by atoms with Crippen LogP contribution in [0.25, 0.3) is 0 Å². The summed E-state index contributed by atoms with van der Waals surface area (Å²) in [6, 6.07) is 7.34. The third kappa shape index (κ3) is 4.78. The minimum atomic E-state index is -0.189. The number of hydrogen-bond donors (Lipinski definition) is 2. The van der Waals surface area contributed by atoms with Crippen LogP contribution in [0.3, 0.4) is 0 Å². The Bertz CT molecular complexity index is 696. The van der Waals surface area contributed by atoms with E-state index in [0.29, 0.717) is 24.0 Å². The van der Waals surface area contributed by atoms with Crippen LogP contribution >= 0.6 is 12.4 Å². The molecule has 1 aliphatic heterocycles. The highest BCUT2D eigenvalue weighted by atomic mass is 35.5. The number of halogens is 1. The van der Waals surface area contributed by atoms with Gasteiger partial charge in [-0.3, -0.25) is 10.1 Å². The van der Waals surface area contributed by atoms with Crippen LogP contribution in [0.2, 0.25) is 0 Å². The van der Waals surface area contributed by atoms with Crippen LogP contribution in [0.1, 0.15) is 40.5 Å². The number of hydrogen-bond acceptors (Lipinski definition) is 5. The van der Waals surface area contributed by atoms with Gasteiger partial charge in [0, 0.05) is 25.6 Å². The molecule has 0 spiro atoms. The predicted octanol–water partition coefficient (Wildman–Crippen LogP) is 2.10. The number of benzene rings is 1. The molecule has 2 aromatic rings. The number of methoxy groups -OCH3 is 1. The number of amides is 1. The number of nitrogens with one attached hydrogen (secondary N) is 2. The lowest BCUT2D eigenvalue weighted by Crippen LogP contribution is -2.27. The molecule has 0 radical (unpaired) electrons. The Balaban J connectivity index is 0.00000225. The molecule has 8 heteroatoms. The highest BCUT2D eigenvalue weighted by molar-refractivity contribution is 6.03. The molecular formula is C17H24ClN5O2. The molecular weight excluding hydrogens is 342 g/mol. The van der Waals surface area contributed by atoms with Crippen molar-refractivity contribution in [3.05, 3.63) is 41.2 Å². The fourth-order valence-electron chi connectivity index (χ4n) is 2.86. The van der Waals surface area contributed by atoms with Crippen molar-refractivity contribution in [1.82, 2.24) is 20.1 Å². The van der Waals surface area contributed by atoms with Crippen molar-refractivity contribution in [3.8, 4) is 0 Å². The van der Waals surface area contributed by atoms with Crippen molar-refractivity contribution in [2.45, 2.75) is 25.4 Å². The Hall–Kier alpha value is -1.96. The monoisotopic (exact) mass is 365 g/mol. The number of ether oxygens (including phenoxy) is 1. The van der Waals surface area contributed by atoms with Gasteiger partial charge in [-0.05, 0) is 43.6 Å². The molecule has 7 nitrogen and oxygen atoms in total. The number of anilines is 1. The molecule has 1 saturated heterocycles. The molecule has 1 aliphatic rings. The first-order chi connectivity index (χ1) is 11.7. The summed E-state index contributed by atoms with van der Waals surface area (Å²) in [6.45, 7) is 2.50. The number of rotatable bonds is 5. The summed E-state index contributed by atoms with van der Waals surface area (Å²) in [5.74, 6) is 1.46. The van der Waals surface area contributed by atoms with E-state index in [-0.39, 0.29) is 18.3 Å². The quantitative estimate of drug-likeness (QED) is 0.848. The van der Waals surface area contributed by atoms with E-state index in [1.807, 2.05) is 12.1 Å². The number of carbonyl (C=O) groups excluding carboxylic acids is 1. The van der Waals surface area contributed by atoms with Gasteiger partial charge in [0.05, 0.1) is 6.61 Å². The Morgan fingerprint density at radius 3 is 2.64 bits per heavy atom. The van der Waals surface area contributed by atoms with Gasteiger partial charge in [0.15, 0.2) is 5.82 Å². The molecule has 1 amide bonds. The second-order valence-corrected chi connectivity index (χ2v) is 6.03. The van der Waals surface area contributed by atoms with Crippen LogP contribution in [0.15, 0.2) is 24.3 Å². The summed E-state index contributed by atoms with van der Waals surface area (Å²) in [7, 11) is 3.45. The zero-order chi connectivity index (χ0) is 16.9. The third-order valence-corrected chi connectivity index (χ3v) is 4.24. The van der Waals surface area contributed by atoms with Gasteiger partial charge < -0.3 is 10.1 Å². The number of aryl methyl sites for hydroxylation is 1. The lowest BCUT2D eigenvalue weighted by molar-refractivity contribution is 0.102. The molecule has 136 valence electrons. The Morgan fingerprint density at radius 1 is 1.32 bits per heavy atom. The van der Waals surface area contributed by atoms with Crippen LogP contribution in [0.5, 0.6) is 0 Å². The van der Waals surface area contributed by atoms with E-state index in [9.17, 15) is 4.79 Å². The van der Waals surface area contributed by atoms with Crippen LogP contribution in [-0.4, -0.2) is 40.9 Å². The topological polar surface area (TPSA) is 81.1 Å². The van der Waals surface area contributed by atoms with Gasteiger partial charge in [-0.15, -0.1) is 12.4 Å². The largest absolute Gasteiger partial charge is 0.380 e. The summed E-state index contributed by atoms with van der Waals surface area (Å²) in [5.41, 5.74) is 1.61. The minimum Gasteiger partial charge on any atom is -0.380 e. The lowest BCUT2D eigenvalue weighted by Gasteiger charge is -2.19. The predicted molar refractivity (Wildman–Crippen MR) is 98.2 cm³/mol. The smallest absolute Gasteiger partial charge is 0.258 e. The highest BCUT2D eigenvalue weighted by Crippen LogP contribution is 2.23. The Morgan fingerprint density at radius 2 is 2.00 bits per heavy atom. The van der Waals surface area contributed by atoms with Crippen molar-refractivity contribution in [1.29, 1.82) is 0 Å². The van der Waals surface area contributed by atoms with Crippen molar-refractivity contribution >= 4 is 24.3 Å². The average molecular weight is 366 g/mol. The molecule has 2 N–H and O–H groups in total. The fourth-order valence-corrected chi connectivity index (χ4v) is 2.86. The third-order valence-electron chi connectivity index (χ3n) is 4.24. The van der Waals surface area contributed by atoms with Crippen molar-refractivity contribution < 1.29 is 9.53 Å². The molecule has 0 bridgehead atoms. The van der Waals surface area contributed by atoms with Crippen LogP contribution in [-0.2, 0) is 18.4 Å². The zero-order valence-electron chi connectivity index (χ0n) is 14.5. The number of piperidine rings is 1. The molecule has 1 fully saturated rings. The van der Waals surface area contributed by atoms with Gasteiger partial charge in [-0.1, -0.05) is 12.1 Å². The molecule has 0 atom stereocenters.